The maximum Gasteiger partial charge on any atom is 0.336 e. The molecule has 0 amide bonds. The Morgan fingerprint density at radius 3 is 2.15 bits per heavy atom. The summed E-state index contributed by atoms with van der Waals surface area (Å²) in [5.41, 5.74) is 1.50. The quantitative estimate of drug-likeness (QED) is 0.561. The van der Waals surface area contributed by atoms with Crippen LogP contribution in [0.2, 0.25) is 0 Å². The number of carboxylic acids is 1. The van der Waals surface area contributed by atoms with E-state index in [1.54, 1.807) is 6.07 Å². The zero-order chi connectivity index (χ0) is 15.7. The molecule has 0 saturated heterocycles. The Morgan fingerprint density at radius 2 is 1.80 bits per heavy atom. The van der Waals surface area contributed by atoms with Crippen molar-refractivity contribution in [1.29, 1.82) is 0 Å². The summed E-state index contributed by atoms with van der Waals surface area (Å²) in [5, 5.41) is 9.31. The SMILES string of the molecule is CCc1c(C(=O)O)ccc(C(Cl)(Cl)Cl)c1SC(C)(C)C. The van der Waals surface area contributed by atoms with E-state index in [2.05, 4.69) is 0 Å². The molecule has 0 aliphatic heterocycles. The van der Waals surface area contributed by atoms with Gasteiger partial charge in [-0.2, -0.15) is 0 Å². The molecule has 0 heterocycles. The first-order valence-corrected chi connectivity index (χ1v) is 8.07. The van der Waals surface area contributed by atoms with Crippen molar-refractivity contribution in [2.45, 2.75) is 47.6 Å². The van der Waals surface area contributed by atoms with Gasteiger partial charge in [0.1, 0.15) is 0 Å². The summed E-state index contributed by atoms with van der Waals surface area (Å²) in [5.74, 6) is -0.964. The first-order valence-electron chi connectivity index (χ1n) is 6.12. The normalized spacial score (nSPS) is 12.6. The van der Waals surface area contributed by atoms with Gasteiger partial charge in [0.2, 0.25) is 3.79 Å². The molecule has 1 rings (SSSR count). The van der Waals surface area contributed by atoms with Gasteiger partial charge in [0.05, 0.1) is 5.56 Å². The van der Waals surface area contributed by atoms with Gasteiger partial charge >= 0.3 is 5.97 Å². The summed E-state index contributed by atoms with van der Waals surface area (Å²) in [6.07, 6.45) is 0.564. The summed E-state index contributed by atoms with van der Waals surface area (Å²) in [4.78, 5) is 12.1. The Hall–Kier alpha value is -0.0900. The lowest BCUT2D eigenvalue weighted by molar-refractivity contribution is 0.0695. The molecule has 0 aliphatic carbocycles. The molecule has 1 aromatic carbocycles. The minimum Gasteiger partial charge on any atom is -0.478 e. The molecule has 0 atom stereocenters. The Kier molecular flexibility index (Phi) is 5.70. The van der Waals surface area contributed by atoms with E-state index in [0.717, 1.165) is 4.90 Å². The largest absolute Gasteiger partial charge is 0.478 e. The number of rotatable bonds is 3. The van der Waals surface area contributed by atoms with E-state index < -0.39 is 9.76 Å². The fraction of sp³-hybridized carbons (Fsp3) is 0.500. The number of hydrogen-bond acceptors (Lipinski definition) is 2. The second-order valence-electron chi connectivity index (χ2n) is 5.34. The maximum absolute atomic E-state index is 11.4. The maximum atomic E-state index is 11.4. The second-order valence-corrected chi connectivity index (χ2v) is 9.46. The van der Waals surface area contributed by atoms with Crippen LogP contribution >= 0.6 is 46.6 Å². The molecule has 6 heteroatoms. The van der Waals surface area contributed by atoms with Gasteiger partial charge in [-0.1, -0.05) is 68.6 Å². The van der Waals surface area contributed by atoms with Crippen molar-refractivity contribution in [3.63, 3.8) is 0 Å². The molecule has 0 fully saturated rings. The van der Waals surface area contributed by atoms with Crippen LogP contribution in [0.3, 0.4) is 0 Å². The lowest BCUT2D eigenvalue weighted by atomic mass is 10.0. The zero-order valence-electron chi connectivity index (χ0n) is 11.8. The summed E-state index contributed by atoms with van der Waals surface area (Å²) in [7, 11) is 0. The number of carboxylic acid groups (broad SMARTS) is 1. The predicted molar refractivity (Wildman–Crippen MR) is 87.6 cm³/mol. The van der Waals surface area contributed by atoms with Gasteiger partial charge in [-0.05, 0) is 18.1 Å². The minimum atomic E-state index is -1.57. The molecule has 0 unspecified atom stereocenters. The molecular formula is C14H17Cl3O2S. The third-order valence-electron chi connectivity index (χ3n) is 2.56. The molecule has 20 heavy (non-hydrogen) atoms. The molecule has 1 aromatic rings. The van der Waals surface area contributed by atoms with E-state index in [4.69, 9.17) is 34.8 Å². The van der Waals surface area contributed by atoms with Crippen LogP contribution in [0.5, 0.6) is 0 Å². The Labute approximate surface area is 138 Å². The van der Waals surface area contributed by atoms with Crippen LogP contribution < -0.4 is 0 Å². The van der Waals surface area contributed by atoms with Gasteiger partial charge in [-0.15, -0.1) is 11.8 Å². The highest BCUT2D eigenvalue weighted by Crippen LogP contribution is 2.47. The monoisotopic (exact) mass is 354 g/mol. The summed E-state index contributed by atoms with van der Waals surface area (Å²) in [6.45, 7) is 8.00. The lowest BCUT2D eigenvalue weighted by Crippen LogP contribution is -2.14. The number of thioether (sulfide) groups is 1. The average Bonchev–Trinajstić information content (AvgIpc) is 2.24. The second kappa shape index (κ2) is 6.35. The van der Waals surface area contributed by atoms with Crippen LogP contribution in [-0.4, -0.2) is 15.8 Å². The van der Waals surface area contributed by atoms with Crippen molar-refractivity contribution in [3.8, 4) is 0 Å². The highest BCUT2D eigenvalue weighted by molar-refractivity contribution is 8.00. The van der Waals surface area contributed by atoms with E-state index in [9.17, 15) is 9.90 Å². The zero-order valence-corrected chi connectivity index (χ0v) is 14.8. The number of hydrogen-bond donors (Lipinski definition) is 1. The van der Waals surface area contributed by atoms with E-state index in [-0.39, 0.29) is 10.3 Å². The molecular weight excluding hydrogens is 339 g/mol. The molecule has 0 saturated carbocycles. The fourth-order valence-corrected chi connectivity index (χ4v) is 3.79. The van der Waals surface area contributed by atoms with Crippen molar-refractivity contribution in [2.75, 3.05) is 0 Å². The van der Waals surface area contributed by atoms with Gasteiger partial charge < -0.3 is 5.11 Å². The highest BCUT2D eigenvalue weighted by atomic mass is 35.6. The fourth-order valence-electron chi connectivity index (χ4n) is 1.83. The van der Waals surface area contributed by atoms with Crippen LogP contribution in [0.25, 0.3) is 0 Å². The first kappa shape index (κ1) is 18.0. The number of halogens is 3. The third-order valence-corrected chi connectivity index (χ3v) is 4.45. The number of aromatic carboxylic acids is 1. The van der Waals surface area contributed by atoms with Crippen LogP contribution in [0, 0.1) is 0 Å². The standard InChI is InChI=1S/C14H17Cl3O2S/c1-5-8-9(12(18)19)6-7-10(14(15,16)17)11(8)20-13(2,3)4/h6-7H,5H2,1-4H3,(H,18,19). The third kappa shape index (κ3) is 4.45. The van der Waals surface area contributed by atoms with E-state index in [1.807, 2.05) is 27.7 Å². The molecule has 2 nitrogen and oxygen atoms in total. The number of alkyl halides is 3. The Morgan fingerprint density at radius 1 is 1.25 bits per heavy atom. The van der Waals surface area contributed by atoms with Gasteiger partial charge in [-0.3, -0.25) is 0 Å². The Bertz CT molecular complexity index is 516. The van der Waals surface area contributed by atoms with Gasteiger partial charge in [0.15, 0.2) is 0 Å². The van der Waals surface area contributed by atoms with Crippen LogP contribution in [0.4, 0.5) is 0 Å². The van der Waals surface area contributed by atoms with Crippen molar-refractivity contribution in [2.24, 2.45) is 0 Å². The van der Waals surface area contributed by atoms with Gasteiger partial charge in [-0.25, -0.2) is 4.79 Å². The van der Waals surface area contributed by atoms with E-state index >= 15 is 0 Å². The highest BCUT2D eigenvalue weighted by Gasteiger charge is 2.31. The molecule has 0 aromatic heterocycles. The van der Waals surface area contributed by atoms with Gasteiger partial charge in [0, 0.05) is 15.2 Å². The lowest BCUT2D eigenvalue weighted by Gasteiger charge is -2.26. The molecule has 112 valence electrons. The minimum absolute atomic E-state index is 0.119. The molecule has 1 N–H and O–H groups in total. The average molecular weight is 356 g/mol. The summed E-state index contributed by atoms with van der Waals surface area (Å²) in [6, 6.07) is 3.09. The van der Waals surface area contributed by atoms with Crippen LogP contribution in [0.15, 0.2) is 17.0 Å². The number of benzene rings is 1. The van der Waals surface area contributed by atoms with Crippen molar-refractivity contribution in [1.82, 2.24) is 0 Å². The summed E-state index contributed by atoms with van der Waals surface area (Å²) >= 11 is 19.6. The van der Waals surface area contributed by atoms with Gasteiger partial charge in [0.25, 0.3) is 0 Å². The van der Waals surface area contributed by atoms with Crippen molar-refractivity contribution in [3.05, 3.63) is 28.8 Å². The first-order chi connectivity index (χ1) is 8.97. The molecule has 0 radical (unpaired) electrons. The molecule has 0 bridgehead atoms. The predicted octanol–water partition coefficient (Wildman–Crippen LogP) is 5.66. The summed E-state index contributed by atoms with van der Waals surface area (Å²) < 4.78 is -1.69. The smallest absolute Gasteiger partial charge is 0.336 e. The Balaban J connectivity index is 3.60. The van der Waals surface area contributed by atoms with Crippen molar-refractivity contribution < 1.29 is 9.90 Å². The molecule has 0 aliphatic rings. The topological polar surface area (TPSA) is 37.3 Å². The van der Waals surface area contributed by atoms with Crippen molar-refractivity contribution >= 4 is 52.5 Å². The van der Waals surface area contributed by atoms with Crippen LogP contribution in [-0.2, 0) is 10.2 Å². The van der Waals surface area contributed by atoms with E-state index in [1.165, 1.54) is 17.8 Å². The molecule has 0 spiro atoms. The number of carbonyl (C=O) groups is 1. The van der Waals surface area contributed by atoms with Crippen LogP contribution in [0.1, 0.15) is 49.2 Å². The van der Waals surface area contributed by atoms with E-state index in [0.29, 0.717) is 17.5 Å².